The minimum Gasteiger partial charge on any atom is -0.357 e. The van der Waals surface area contributed by atoms with Gasteiger partial charge in [-0.05, 0) is 23.6 Å². The first-order chi connectivity index (χ1) is 16.7. The maximum Gasteiger partial charge on any atom is 0.140 e. The third kappa shape index (κ3) is 4.26. The molecule has 5 rings (SSSR count). The van der Waals surface area contributed by atoms with Gasteiger partial charge in [-0.1, -0.05) is 41.9 Å². The molecular weight excluding hydrogens is 446 g/mol. The molecule has 0 saturated carbocycles. The Kier molecular flexibility index (Phi) is 6.26. The first-order valence-electron chi connectivity index (χ1n) is 11.2. The number of pyridine rings is 1. The lowest BCUT2D eigenvalue weighted by atomic mass is 10.0. The summed E-state index contributed by atoms with van der Waals surface area (Å²) in [6.07, 6.45) is 3.56. The first-order valence-corrected chi connectivity index (χ1v) is 11.6. The zero-order valence-corrected chi connectivity index (χ0v) is 19.5. The van der Waals surface area contributed by atoms with E-state index >= 15 is 0 Å². The molecule has 0 radical (unpaired) electrons. The van der Waals surface area contributed by atoms with E-state index in [1.807, 2.05) is 48.5 Å². The number of hydrogen-bond donors (Lipinski definition) is 1. The minimum absolute atomic E-state index is 0.173. The van der Waals surface area contributed by atoms with Crippen LogP contribution in [0.15, 0.2) is 61.4 Å². The standard InChI is InChI=1S/C26H24ClN7/c1-2-9-33-10-12-34(13-11-33)26-21-15-22(27)20(16-23(21)30-17-31-26)25-19-6-4-3-5-18(19)14-24(32-25)29-8-7-28/h2-6,14-17H,1,8-13H2,(H,29,32). The van der Waals surface area contributed by atoms with E-state index in [0.29, 0.717) is 10.8 Å². The first kappa shape index (κ1) is 22.1. The van der Waals surface area contributed by atoms with Gasteiger partial charge in [-0.25, -0.2) is 15.0 Å². The summed E-state index contributed by atoms with van der Waals surface area (Å²) in [6, 6.07) is 16.0. The molecule has 1 N–H and O–H groups in total. The molecule has 2 aromatic heterocycles. The number of rotatable bonds is 6. The van der Waals surface area contributed by atoms with Gasteiger partial charge >= 0.3 is 0 Å². The molecule has 1 aliphatic rings. The van der Waals surface area contributed by atoms with Crippen molar-refractivity contribution >= 4 is 44.9 Å². The average Bonchev–Trinajstić information content (AvgIpc) is 2.87. The Bertz CT molecular complexity index is 1400. The number of nitrogens with one attached hydrogen (secondary N) is 1. The Morgan fingerprint density at radius 3 is 2.71 bits per heavy atom. The highest BCUT2D eigenvalue weighted by atomic mass is 35.5. The molecule has 0 spiro atoms. The molecule has 1 aliphatic heterocycles. The van der Waals surface area contributed by atoms with Crippen LogP contribution in [0.1, 0.15) is 0 Å². The van der Waals surface area contributed by atoms with Crippen molar-refractivity contribution in [1.29, 1.82) is 5.26 Å². The maximum atomic E-state index is 8.98. The monoisotopic (exact) mass is 469 g/mol. The molecule has 34 heavy (non-hydrogen) atoms. The average molecular weight is 470 g/mol. The van der Waals surface area contributed by atoms with Crippen molar-refractivity contribution in [2.45, 2.75) is 0 Å². The Balaban J connectivity index is 1.58. The van der Waals surface area contributed by atoms with Crippen LogP contribution in [-0.4, -0.2) is 59.1 Å². The summed E-state index contributed by atoms with van der Waals surface area (Å²) in [5.41, 5.74) is 2.37. The fraction of sp³-hybridized carbons (Fsp3) is 0.231. The van der Waals surface area contributed by atoms with E-state index in [-0.39, 0.29) is 6.54 Å². The quantitative estimate of drug-likeness (QED) is 0.322. The molecule has 7 nitrogen and oxygen atoms in total. The number of hydrogen-bond acceptors (Lipinski definition) is 7. The highest BCUT2D eigenvalue weighted by molar-refractivity contribution is 6.34. The van der Waals surface area contributed by atoms with Crippen LogP contribution in [0, 0.1) is 11.3 Å². The molecule has 3 heterocycles. The van der Waals surface area contributed by atoms with E-state index in [4.69, 9.17) is 21.8 Å². The number of nitriles is 1. The molecule has 0 aliphatic carbocycles. The Hall–Kier alpha value is -3.73. The largest absolute Gasteiger partial charge is 0.357 e. The van der Waals surface area contributed by atoms with Crippen molar-refractivity contribution in [2.75, 3.05) is 49.5 Å². The normalized spacial score (nSPS) is 14.3. The summed E-state index contributed by atoms with van der Waals surface area (Å²) in [5, 5.41) is 15.6. The van der Waals surface area contributed by atoms with Crippen LogP contribution in [0.2, 0.25) is 5.02 Å². The summed E-state index contributed by atoms with van der Waals surface area (Å²) >= 11 is 6.86. The predicted octanol–water partition coefficient (Wildman–Crippen LogP) is 4.74. The SMILES string of the molecule is C=CCN1CCN(c2ncnc3cc(-c4nc(NCC#N)cc5ccccc45)c(Cl)cc23)CC1. The lowest BCUT2D eigenvalue weighted by molar-refractivity contribution is 0.284. The van der Waals surface area contributed by atoms with Crippen molar-refractivity contribution in [3.63, 3.8) is 0 Å². The van der Waals surface area contributed by atoms with E-state index in [1.54, 1.807) is 6.33 Å². The van der Waals surface area contributed by atoms with Crippen LogP contribution in [-0.2, 0) is 0 Å². The minimum atomic E-state index is 0.173. The van der Waals surface area contributed by atoms with Gasteiger partial charge in [0.1, 0.15) is 24.5 Å². The van der Waals surface area contributed by atoms with E-state index in [0.717, 1.165) is 71.5 Å². The Labute approximate surface area is 203 Å². The van der Waals surface area contributed by atoms with Gasteiger partial charge in [0.05, 0.1) is 22.3 Å². The van der Waals surface area contributed by atoms with Crippen molar-refractivity contribution < 1.29 is 0 Å². The van der Waals surface area contributed by atoms with Gasteiger partial charge in [0, 0.05) is 49.1 Å². The van der Waals surface area contributed by atoms with Crippen LogP contribution >= 0.6 is 11.6 Å². The third-order valence-corrected chi connectivity index (χ3v) is 6.42. The third-order valence-electron chi connectivity index (χ3n) is 6.11. The number of piperazine rings is 1. The number of halogens is 1. The summed E-state index contributed by atoms with van der Waals surface area (Å²) in [7, 11) is 0. The van der Waals surface area contributed by atoms with Gasteiger partial charge in [0.25, 0.3) is 0 Å². The van der Waals surface area contributed by atoms with Crippen molar-refractivity contribution in [2.24, 2.45) is 0 Å². The molecule has 4 aromatic rings. The zero-order chi connectivity index (χ0) is 23.5. The van der Waals surface area contributed by atoms with Gasteiger partial charge in [0.15, 0.2) is 0 Å². The second kappa shape index (κ2) is 9.64. The fourth-order valence-electron chi connectivity index (χ4n) is 4.45. The second-order valence-electron chi connectivity index (χ2n) is 8.21. The maximum absolute atomic E-state index is 8.98. The molecule has 0 amide bonds. The molecule has 0 bridgehead atoms. The van der Waals surface area contributed by atoms with Gasteiger partial charge in [-0.3, -0.25) is 4.90 Å². The smallest absolute Gasteiger partial charge is 0.140 e. The van der Waals surface area contributed by atoms with Crippen LogP contribution in [0.25, 0.3) is 32.9 Å². The van der Waals surface area contributed by atoms with Crippen molar-refractivity contribution in [3.05, 3.63) is 66.5 Å². The fourth-order valence-corrected chi connectivity index (χ4v) is 4.70. The summed E-state index contributed by atoms with van der Waals surface area (Å²) < 4.78 is 0. The molecular formula is C26H24ClN7. The molecule has 1 fully saturated rings. The molecule has 8 heteroatoms. The van der Waals surface area contributed by atoms with Crippen LogP contribution in [0.3, 0.4) is 0 Å². The molecule has 1 saturated heterocycles. The number of benzene rings is 2. The molecule has 2 aromatic carbocycles. The van der Waals surface area contributed by atoms with Gasteiger partial charge in [0.2, 0.25) is 0 Å². The van der Waals surface area contributed by atoms with Crippen molar-refractivity contribution in [3.8, 4) is 17.3 Å². The predicted molar refractivity (Wildman–Crippen MR) is 138 cm³/mol. The Morgan fingerprint density at radius 2 is 1.91 bits per heavy atom. The topological polar surface area (TPSA) is 81.0 Å². The lowest BCUT2D eigenvalue weighted by Gasteiger charge is -2.35. The lowest BCUT2D eigenvalue weighted by Crippen LogP contribution is -2.46. The highest BCUT2D eigenvalue weighted by Gasteiger charge is 2.21. The Morgan fingerprint density at radius 1 is 1.09 bits per heavy atom. The number of anilines is 2. The van der Waals surface area contributed by atoms with E-state index in [2.05, 4.69) is 37.7 Å². The molecule has 0 unspecified atom stereocenters. The van der Waals surface area contributed by atoms with Crippen LogP contribution < -0.4 is 10.2 Å². The second-order valence-corrected chi connectivity index (χ2v) is 8.62. The van der Waals surface area contributed by atoms with Gasteiger partial charge in [-0.15, -0.1) is 6.58 Å². The van der Waals surface area contributed by atoms with E-state index in [1.165, 1.54) is 0 Å². The highest BCUT2D eigenvalue weighted by Crippen LogP contribution is 2.37. The van der Waals surface area contributed by atoms with E-state index < -0.39 is 0 Å². The van der Waals surface area contributed by atoms with Gasteiger partial charge in [-0.2, -0.15) is 5.26 Å². The summed E-state index contributed by atoms with van der Waals surface area (Å²) in [6.45, 7) is 8.61. The number of nitrogens with zero attached hydrogens (tertiary/aromatic N) is 6. The van der Waals surface area contributed by atoms with Crippen LogP contribution in [0.5, 0.6) is 0 Å². The van der Waals surface area contributed by atoms with Crippen LogP contribution in [0.4, 0.5) is 11.6 Å². The summed E-state index contributed by atoms with van der Waals surface area (Å²) in [5.74, 6) is 1.53. The molecule has 170 valence electrons. The zero-order valence-electron chi connectivity index (χ0n) is 18.7. The molecule has 0 atom stereocenters. The summed E-state index contributed by atoms with van der Waals surface area (Å²) in [4.78, 5) is 18.6. The van der Waals surface area contributed by atoms with Crippen molar-refractivity contribution in [1.82, 2.24) is 19.9 Å². The number of fused-ring (bicyclic) bond motifs is 2. The van der Waals surface area contributed by atoms with Gasteiger partial charge < -0.3 is 10.2 Å². The van der Waals surface area contributed by atoms with E-state index in [9.17, 15) is 0 Å². The number of aromatic nitrogens is 3.